The van der Waals surface area contributed by atoms with E-state index < -0.39 is 0 Å². The molecule has 1 N–H and O–H groups in total. The highest BCUT2D eigenvalue weighted by Crippen LogP contribution is 2.28. The smallest absolute Gasteiger partial charge is 0.0954 e. The molecule has 0 aromatic heterocycles. The van der Waals surface area contributed by atoms with Gasteiger partial charge in [-0.2, -0.15) is 0 Å². The second kappa shape index (κ2) is 6.01. The number of nitrogens with zero attached hydrogens (tertiary/aromatic N) is 1. The van der Waals surface area contributed by atoms with Gasteiger partial charge >= 0.3 is 0 Å². The topological polar surface area (TPSA) is 41.9 Å². The summed E-state index contributed by atoms with van der Waals surface area (Å²) in [5, 5.41) is 9.42. The van der Waals surface area contributed by atoms with Crippen LogP contribution < -0.4 is 0 Å². The maximum absolute atomic E-state index is 9.42. The molecule has 2 aliphatic rings. The first kappa shape index (κ1) is 13.1. The van der Waals surface area contributed by atoms with Crippen LogP contribution in [0, 0.1) is 0 Å². The van der Waals surface area contributed by atoms with E-state index in [1.165, 1.54) is 11.1 Å². The summed E-state index contributed by atoms with van der Waals surface area (Å²) in [6.07, 6.45) is 1.12. The van der Waals surface area contributed by atoms with E-state index in [9.17, 15) is 5.11 Å². The molecule has 2 atom stereocenters. The zero-order chi connectivity index (χ0) is 13.1. The van der Waals surface area contributed by atoms with Gasteiger partial charge in [-0.3, -0.25) is 4.90 Å². The average Bonchev–Trinajstić information content (AvgIpc) is 2.48. The van der Waals surface area contributed by atoms with Crippen LogP contribution in [0.25, 0.3) is 0 Å². The zero-order valence-electron chi connectivity index (χ0n) is 11.1. The van der Waals surface area contributed by atoms with Crippen molar-refractivity contribution in [3.05, 3.63) is 35.4 Å². The largest absolute Gasteiger partial charge is 0.395 e. The summed E-state index contributed by atoms with van der Waals surface area (Å²) in [6, 6.07) is 8.61. The van der Waals surface area contributed by atoms with Crippen molar-refractivity contribution >= 4 is 0 Å². The molecular weight excluding hydrogens is 242 g/mol. The molecule has 1 fully saturated rings. The Labute approximate surface area is 113 Å². The minimum atomic E-state index is 0.103. The van der Waals surface area contributed by atoms with Crippen molar-refractivity contribution in [1.29, 1.82) is 0 Å². The van der Waals surface area contributed by atoms with Gasteiger partial charge in [0, 0.05) is 13.1 Å². The number of aliphatic hydroxyl groups is 1. The fraction of sp³-hybridized carbons (Fsp3) is 0.600. The van der Waals surface area contributed by atoms with E-state index in [-0.39, 0.29) is 18.8 Å². The third-order valence-corrected chi connectivity index (χ3v) is 4.05. The van der Waals surface area contributed by atoms with Crippen LogP contribution >= 0.6 is 0 Å². The average molecular weight is 263 g/mol. The molecule has 3 rings (SSSR count). The van der Waals surface area contributed by atoms with E-state index in [1.807, 2.05) is 0 Å². The Balaban J connectivity index is 1.73. The van der Waals surface area contributed by atoms with Gasteiger partial charge < -0.3 is 14.6 Å². The maximum atomic E-state index is 9.42. The van der Waals surface area contributed by atoms with Gasteiger partial charge in [-0.05, 0) is 17.5 Å². The lowest BCUT2D eigenvalue weighted by Crippen LogP contribution is -2.49. The number of morpholine rings is 1. The molecule has 0 aliphatic carbocycles. The first-order chi connectivity index (χ1) is 9.38. The number of fused-ring (bicyclic) bond motifs is 1. The van der Waals surface area contributed by atoms with Crippen LogP contribution in [0.15, 0.2) is 24.3 Å². The van der Waals surface area contributed by atoms with Gasteiger partial charge in [0.05, 0.1) is 38.6 Å². The van der Waals surface area contributed by atoms with Crippen LogP contribution in [0.5, 0.6) is 0 Å². The summed E-state index contributed by atoms with van der Waals surface area (Å²) in [6.45, 7) is 4.00. The van der Waals surface area contributed by atoms with Crippen LogP contribution in [0.2, 0.25) is 0 Å². The van der Waals surface area contributed by atoms with Gasteiger partial charge in [0.15, 0.2) is 0 Å². The van der Waals surface area contributed by atoms with Gasteiger partial charge in [-0.15, -0.1) is 0 Å². The van der Waals surface area contributed by atoms with Gasteiger partial charge in [0.25, 0.3) is 0 Å². The fourth-order valence-corrected chi connectivity index (χ4v) is 2.94. The zero-order valence-corrected chi connectivity index (χ0v) is 11.1. The second-order valence-electron chi connectivity index (χ2n) is 5.21. The molecule has 1 aromatic rings. The molecule has 4 heteroatoms. The molecule has 4 nitrogen and oxygen atoms in total. The van der Waals surface area contributed by atoms with E-state index in [0.717, 1.165) is 32.7 Å². The predicted molar refractivity (Wildman–Crippen MR) is 72.1 cm³/mol. The molecule has 0 spiro atoms. The summed E-state index contributed by atoms with van der Waals surface area (Å²) in [5.74, 6) is 0. The molecule has 2 aliphatic heterocycles. The van der Waals surface area contributed by atoms with Crippen LogP contribution in [0.3, 0.4) is 0 Å². The molecule has 0 radical (unpaired) electrons. The van der Waals surface area contributed by atoms with Gasteiger partial charge in [-0.1, -0.05) is 24.3 Å². The number of rotatable bonds is 3. The van der Waals surface area contributed by atoms with Crippen LogP contribution in [0.4, 0.5) is 0 Å². The minimum Gasteiger partial charge on any atom is -0.395 e. The quantitative estimate of drug-likeness (QED) is 0.883. The highest BCUT2D eigenvalue weighted by molar-refractivity contribution is 5.31. The molecule has 0 amide bonds. The highest BCUT2D eigenvalue weighted by Gasteiger charge is 2.28. The van der Waals surface area contributed by atoms with Crippen molar-refractivity contribution in [1.82, 2.24) is 4.90 Å². The lowest BCUT2D eigenvalue weighted by Gasteiger charge is -2.38. The Bertz CT molecular complexity index is 424. The molecule has 19 heavy (non-hydrogen) atoms. The number of benzene rings is 1. The van der Waals surface area contributed by atoms with Crippen molar-refractivity contribution in [2.75, 3.05) is 39.5 Å². The molecule has 0 saturated carbocycles. The van der Waals surface area contributed by atoms with Crippen molar-refractivity contribution in [3.8, 4) is 0 Å². The Morgan fingerprint density at radius 3 is 3.05 bits per heavy atom. The van der Waals surface area contributed by atoms with Crippen molar-refractivity contribution in [2.45, 2.75) is 18.6 Å². The Morgan fingerprint density at radius 1 is 1.26 bits per heavy atom. The van der Waals surface area contributed by atoms with E-state index in [0.29, 0.717) is 6.61 Å². The molecular formula is C15H21NO3. The normalized spacial score (nSPS) is 28.1. The first-order valence-electron chi connectivity index (χ1n) is 7.00. The first-order valence-corrected chi connectivity index (χ1v) is 7.00. The SMILES string of the molecule is OCC1COCCN1CC1OCCc2ccccc21. The summed E-state index contributed by atoms with van der Waals surface area (Å²) < 4.78 is 11.4. The fourth-order valence-electron chi connectivity index (χ4n) is 2.94. The predicted octanol–water partition coefficient (Wildman–Crippen LogP) is 0.993. The van der Waals surface area contributed by atoms with Gasteiger partial charge in [0.2, 0.25) is 0 Å². The van der Waals surface area contributed by atoms with E-state index in [4.69, 9.17) is 9.47 Å². The molecule has 104 valence electrons. The van der Waals surface area contributed by atoms with E-state index in [1.54, 1.807) is 0 Å². The van der Waals surface area contributed by atoms with Crippen molar-refractivity contribution in [3.63, 3.8) is 0 Å². The summed E-state index contributed by atoms with van der Waals surface area (Å²) in [7, 11) is 0. The second-order valence-corrected chi connectivity index (χ2v) is 5.21. The molecule has 2 heterocycles. The third-order valence-electron chi connectivity index (χ3n) is 4.05. The molecule has 1 aromatic carbocycles. The van der Waals surface area contributed by atoms with Gasteiger partial charge in [-0.25, -0.2) is 0 Å². The van der Waals surface area contributed by atoms with Crippen molar-refractivity contribution < 1.29 is 14.6 Å². The lowest BCUT2D eigenvalue weighted by atomic mass is 9.97. The molecule has 2 unspecified atom stereocenters. The monoisotopic (exact) mass is 263 g/mol. The standard InChI is InChI=1S/C15H21NO3/c17-10-13-11-18-8-6-16(13)9-15-14-4-2-1-3-12(14)5-7-19-15/h1-4,13,15,17H,5-11H2. The van der Waals surface area contributed by atoms with E-state index in [2.05, 4.69) is 29.2 Å². The highest BCUT2D eigenvalue weighted by atomic mass is 16.5. The van der Waals surface area contributed by atoms with E-state index >= 15 is 0 Å². The van der Waals surface area contributed by atoms with Crippen LogP contribution in [-0.4, -0.2) is 55.6 Å². The number of hydrogen-bond donors (Lipinski definition) is 1. The Hall–Kier alpha value is -0.940. The lowest BCUT2D eigenvalue weighted by molar-refractivity contribution is -0.0594. The van der Waals surface area contributed by atoms with Crippen LogP contribution in [0.1, 0.15) is 17.2 Å². The molecule has 1 saturated heterocycles. The van der Waals surface area contributed by atoms with Crippen LogP contribution in [-0.2, 0) is 15.9 Å². The number of ether oxygens (including phenoxy) is 2. The number of hydrogen-bond acceptors (Lipinski definition) is 4. The minimum absolute atomic E-state index is 0.103. The van der Waals surface area contributed by atoms with Crippen molar-refractivity contribution in [2.24, 2.45) is 0 Å². The summed E-state index contributed by atoms with van der Waals surface area (Å²) in [4.78, 5) is 2.29. The summed E-state index contributed by atoms with van der Waals surface area (Å²) in [5.41, 5.74) is 2.70. The molecule has 0 bridgehead atoms. The maximum Gasteiger partial charge on any atom is 0.0954 e. The Kier molecular flexibility index (Phi) is 4.13. The number of aliphatic hydroxyl groups excluding tert-OH is 1. The Morgan fingerprint density at radius 2 is 2.16 bits per heavy atom. The third kappa shape index (κ3) is 2.82. The van der Waals surface area contributed by atoms with Gasteiger partial charge in [0.1, 0.15) is 0 Å². The summed E-state index contributed by atoms with van der Waals surface area (Å²) >= 11 is 0.